The van der Waals surface area contributed by atoms with Crippen LogP contribution in [0.2, 0.25) is 5.02 Å². The third kappa shape index (κ3) is 2.97. The van der Waals surface area contributed by atoms with Crippen LogP contribution in [0.25, 0.3) is 0 Å². The van der Waals surface area contributed by atoms with Gasteiger partial charge < -0.3 is 15.7 Å². The number of likely N-dealkylation sites (N-methyl/N-ethyl adjacent to an activating group) is 1. The Morgan fingerprint density at radius 3 is 2.67 bits per heavy atom. The Morgan fingerprint density at radius 1 is 1.39 bits per heavy atom. The maximum absolute atomic E-state index is 10.4. The first-order valence-corrected chi connectivity index (χ1v) is 6.84. The number of rotatable bonds is 4. The summed E-state index contributed by atoms with van der Waals surface area (Å²) < 4.78 is 0. The zero-order chi connectivity index (χ0) is 13.2. The molecule has 1 fully saturated rings. The van der Waals surface area contributed by atoms with Gasteiger partial charge in [0.25, 0.3) is 0 Å². The summed E-state index contributed by atoms with van der Waals surface area (Å²) in [5.41, 5.74) is 7.29. The van der Waals surface area contributed by atoms with E-state index in [4.69, 9.17) is 17.3 Å². The summed E-state index contributed by atoms with van der Waals surface area (Å²) >= 11 is 5.97. The number of nitrogens with two attached hydrogens (primary N) is 1. The molecule has 1 saturated carbocycles. The second kappa shape index (κ2) is 5.47. The number of anilines is 1. The topological polar surface area (TPSA) is 49.5 Å². The van der Waals surface area contributed by atoms with Crippen molar-refractivity contribution >= 4 is 17.3 Å². The average Bonchev–Trinajstić information content (AvgIpc) is 2.75. The van der Waals surface area contributed by atoms with Crippen LogP contribution in [0.5, 0.6) is 0 Å². The van der Waals surface area contributed by atoms with Crippen molar-refractivity contribution in [3.8, 4) is 0 Å². The van der Waals surface area contributed by atoms with E-state index in [-0.39, 0.29) is 0 Å². The molecule has 3 N–H and O–H groups in total. The number of aliphatic hydroxyl groups is 1. The van der Waals surface area contributed by atoms with Crippen molar-refractivity contribution in [3.05, 3.63) is 28.8 Å². The van der Waals surface area contributed by atoms with Crippen molar-refractivity contribution in [1.82, 2.24) is 0 Å². The van der Waals surface area contributed by atoms with Crippen LogP contribution in [0, 0.1) is 0 Å². The maximum Gasteiger partial charge on any atom is 0.0821 e. The Kier molecular flexibility index (Phi) is 4.15. The normalized spacial score (nSPS) is 18.0. The predicted molar refractivity (Wildman–Crippen MR) is 76.0 cm³/mol. The highest BCUT2D eigenvalue weighted by Crippen LogP contribution is 2.32. The highest BCUT2D eigenvalue weighted by Gasteiger charge is 2.32. The van der Waals surface area contributed by atoms with Crippen LogP contribution >= 0.6 is 11.6 Å². The Balaban J connectivity index is 2.15. The minimum Gasteiger partial charge on any atom is -0.388 e. The first-order valence-electron chi connectivity index (χ1n) is 6.46. The fraction of sp³-hybridized carbons (Fsp3) is 0.571. The van der Waals surface area contributed by atoms with Crippen LogP contribution in [0.15, 0.2) is 18.2 Å². The van der Waals surface area contributed by atoms with Crippen molar-refractivity contribution < 1.29 is 5.11 Å². The SMILES string of the molecule is CN(CC1(O)CCCC1)c1ccc(Cl)cc1CN. The summed E-state index contributed by atoms with van der Waals surface area (Å²) in [5, 5.41) is 11.1. The van der Waals surface area contributed by atoms with Gasteiger partial charge in [-0.05, 0) is 36.6 Å². The number of benzene rings is 1. The van der Waals surface area contributed by atoms with Gasteiger partial charge in [-0.25, -0.2) is 0 Å². The molecule has 1 aliphatic carbocycles. The Morgan fingerprint density at radius 2 is 2.06 bits per heavy atom. The van der Waals surface area contributed by atoms with E-state index in [0.717, 1.165) is 36.9 Å². The first-order chi connectivity index (χ1) is 8.54. The van der Waals surface area contributed by atoms with E-state index < -0.39 is 5.60 Å². The summed E-state index contributed by atoms with van der Waals surface area (Å²) in [6.45, 7) is 1.11. The van der Waals surface area contributed by atoms with Gasteiger partial charge in [-0.2, -0.15) is 0 Å². The predicted octanol–water partition coefficient (Wildman–Crippen LogP) is 2.54. The monoisotopic (exact) mass is 268 g/mol. The molecule has 0 aromatic heterocycles. The Hall–Kier alpha value is -0.770. The molecule has 18 heavy (non-hydrogen) atoms. The molecule has 0 amide bonds. The lowest BCUT2D eigenvalue weighted by molar-refractivity contribution is 0.0559. The van der Waals surface area contributed by atoms with Gasteiger partial charge in [-0.3, -0.25) is 0 Å². The smallest absolute Gasteiger partial charge is 0.0821 e. The number of hydrogen-bond donors (Lipinski definition) is 2. The zero-order valence-corrected chi connectivity index (χ0v) is 11.6. The van der Waals surface area contributed by atoms with Gasteiger partial charge in [0, 0.05) is 30.8 Å². The summed E-state index contributed by atoms with van der Waals surface area (Å²) in [5.74, 6) is 0. The number of hydrogen-bond acceptors (Lipinski definition) is 3. The molecule has 0 radical (unpaired) electrons. The molecule has 0 saturated heterocycles. The maximum atomic E-state index is 10.4. The third-order valence-corrected chi connectivity index (χ3v) is 3.97. The minimum atomic E-state index is -0.541. The second-order valence-electron chi connectivity index (χ2n) is 5.26. The number of nitrogens with zero attached hydrogens (tertiary/aromatic N) is 1. The summed E-state index contributed by atoms with van der Waals surface area (Å²) in [7, 11) is 2.00. The van der Waals surface area contributed by atoms with Gasteiger partial charge in [0.2, 0.25) is 0 Å². The second-order valence-corrected chi connectivity index (χ2v) is 5.70. The summed E-state index contributed by atoms with van der Waals surface area (Å²) in [6.07, 6.45) is 4.02. The number of halogens is 1. The van der Waals surface area contributed by atoms with E-state index in [1.54, 1.807) is 0 Å². The molecule has 0 atom stereocenters. The first kappa shape index (κ1) is 13.7. The molecule has 1 aliphatic rings. The van der Waals surface area contributed by atoms with Gasteiger partial charge in [0.05, 0.1) is 5.60 Å². The molecule has 100 valence electrons. The Bertz CT molecular complexity index is 416. The van der Waals surface area contributed by atoms with E-state index in [9.17, 15) is 5.11 Å². The molecule has 0 bridgehead atoms. The van der Waals surface area contributed by atoms with E-state index in [1.165, 1.54) is 0 Å². The van der Waals surface area contributed by atoms with Gasteiger partial charge >= 0.3 is 0 Å². The van der Waals surface area contributed by atoms with E-state index in [2.05, 4.69) is 4.90 Å². The summed E-state index contributed by atoms with van der Waals surface area (Å²) in [4.78, 5) is 2.09. The van der Waals surface area contributed by atoms with Gasteiger partial charge in [-0.1, -0.05) is 24.4 Å². The zero-order valence-electron chi connectivity index (χ0n) is 10.8. The lowest BCUT2D eigenvalue weighted by Crippen LogP contribution is -2.39. The quantitative estimate of drug-likeness (QED) is 0.882. The molecule has 0 aliphatic heterocycles. The van der Waals surface area contributed by atoms with Crippen molar-refractivity contribution in [1.29, 1.82) is 0 Å². The minimum absolute atomic E-state index is 0.457. The highest BCUT2D eigenvalue weighted by atomic mass is 35.5. The van der Waals surface area contributed by atoms with Crippen LogP contribution in [0.1, 0.15) is 31.2 Å². The molecule has 2 rings (SSSR count). The summed E-state index contributed by atoms with van der Waals surface area (Å²) in [6, 6.07) is 5.74. The fourth-order valence-corrected chi connectivity index (χ4v) is 3.00. The standard InChI is InChI=1S/C14H21ClN2O/c1-17(10-14(18)6-2-3-7-14)13-5-4-12(15)8-11(13)9-16/h4-5,8,18H,2-3,6-7,9-10,16H2,1H3. The van der Waals surface area contributed by atoms with Gasteiger partial charge in [0.1, 0.15) is 0 Å². The van der Waals surface area contributed by atoms with E-state index in [1.807, 2.05) is 25.2 Å². The van der Waals surface area contributed by atoms with E-state index >= 15 is 0 Å². The third-order valence-electron chi connectivity index (χ3n) is 3.74. The van der Waals surface area contributed by atoms with Crippen LogP contribution in [0.4, 0.5) is 5.69 Å². The highest BCUT2D eigenvalue weighted by molar-refractivity contribution is 6.30. The fourth-order valence-electron chi connectivity index (χ4n) is 2.81. The van der Waals surface area contributed by atoms with Crippen molar-refractivity contribution in [2.45, 2.75) is 37.8 Å². The largest absolute Gasteiger partial charge is 0.388 e. The van der Waals surface area contributed by atoms with Crippen molar-refractivity contribution in [3.63, 3.8) is 0 Å². The molecular weight excluding hydrogens is 248 g/mol. The van der Waals surface area contributed by atoms with Crippen LogP contribution in [0.3, 0.4) is 0 Å². The molecule has 0 spiro atoms. The Labute approximate surface area is 114 Å². The molecular formula is C14H21ClN2O. The van der Waals surface area contributed by atoms with Crippen molar-refractivity contribution in [2.24, 2.45) is 5.73 Å². The average molecular weight is 269 g/mol. The van der Waals surface area contributed by atoms with Crippen molar-refractivity contribution in [2.75, 3.05) is 18.5 Å². The van der Waals surface area contributed by atoms with Crippen LogP contribution in [-0.2, 0) is 6.54 Å². The molecule has 3 nitrogen and oxygen atoms in total. The molecule has 1 aromatic carbocycles. The van der Waals surface area contributed by atoms with E-state index in [0.29, 0.717) is 18.1 Å². The van der Waals surface area contributed by atoms with Crippen LogP contribution < -0.4 is 10.6 Å². The lowest BCUT2D eigenvalue weighted by Gasteiger charge is -2.31. The lowest BCUT2D eigenvalue weighted by atomic mass is 10.0. The van der Waals surface area contributed by atoms with Gasteiger partial charge in [-0.15, -0.1) is 0 Å². The molecule has 0 heterocycles. The molecule has 0 unspecified atom stereocenters. The molecule has 1 aromatic rings. The van der Waals surface area contributed by atoms with Crippen LogP contribution in [-0.4, -0.2) is 24.3 Å². The molecule has 4 heteroatoms. The van der Waals surface area contributed by atoms with Gasteiger partial charge in [0.15, 0.2) is 0 Å².